The van der Waals surface area contributed by atoms with Crippen molar-refractivity contribution in [3.8, 4) is 11.6 Å². The molecule has 33 heavy (non-hydrogen) atoms. The van der Waals surface area contributed by atoms with E-state index in [1.807, 2.05) is 24.3 Å². The molecule has 10 heteroatoms. The Bertz CT molecular complexity index is 1260. The number of anilines is 1. The minimum absolute atomic E-state index is 0.162. The first-order valence-electron chi connectivity index (χ1n) is 10.2. The third-order valence-corrected chi connectivity index (χ3v) is 5.91. The number of hydrogen-bond donors (Lipinski definition) is 0. The maximum absolute atomic E-state index is 13.4. The van der Waals surface area contributed by atoms with Crippen molar-refractivity contribution in [1.82, 2.24) is 9.88 Å². The fourth-order valence-electron chi connectivity index (χ4n) is 4.19. The average molecular weight is 457 g/mol. The van der Waals surface area contributed by atoms with Crippen LogP contribution >= 0.6 is 0 Å². The van der Waals surface area contributed by atoms with Crippen molar-refractivity contribution in [1.29, 1.82) is 0 Å². The Morgan fingerprint density at radius 3 is 2.39 bits per heavy atom. The van der Waals surface area contributed by atoms with Crippen LogP contribution in [0.5, 0.6) is 11.6 Å². The molecule has 5 rings (SSSR count). The Morgan fingerprint density at radius 1 is 1.06 bits per heavy atom. The molecule has 0 N–H and O–H groups in total. The summed E-state index contributed by atoms with van der Waals surface area (Å²) in [6.07, 6.45) is -3.79. The summed E-state index contributed by atoms with van der Waals surface area (Å²) in [5, 5.41) is 0.835. The monoisotopic (exact) mass is 457 g/mol. The number of aromatic nitrogens is 1. The number of methoxy groups -OCH3 is 1. The molecule has 0 unspecified atom stereocenters. The Hall–Kier alpha value is -3.82. The van der Waals surface area contributed by atoms with Gasteiger partial charge >= 0.3 is 12.4 Å². The molecule has 3 amide bonds. The fraction of sp³-hybridized carbons (Fsp3) is 0.261. The van der Waals surface area contributed by atoms with E-state index < -0.39 is 23.7 Å². The summed E-state index contributed by atoms with van der Waals surface area (Å²) in [7, 11) is 1.50. The second-order valence-corrected chi connectivity index (χ2v) is 7.92. The van der Waals surface area contributed by atoms with Crippen molar-refractivity contribution in [2.75, 3.05) is 12.0 Å². The van der Waals surface area contributed by atoms with Gasteiger partial charge < -0.3 is 14.4 Å². The number of halogens is 3. The van der Waals surface area contributed by atoms with E-state index in [0.717, 1.165) is 28.0 Å². The van der Waals surface area contributed by atoms with Gasteiger partial charge in [0, 0.05) is 18.0 Å². The zero-order valence-corrected chi connectivity index (χ0v) is 17.4. The van der Waals surface area contributed by atoms with Crippen LogP contribution < -0.4 is 14.4 Å². The number of carbonyl (C=O) groups excluding carboxylic acids is 2. The SMILES string of the molecule is COc1cc(CN2C(=O)N(c3ccc(OC(F)(F)F)cc3)C(=O)C23CC3)c2ccccc2n1. The number of imide groups is 1. The number of urea groups is 1. The van der Waals surface area contributed by atoms with E-state index in [-0.39, 0.29) is 18.1 Å². The molecule has 0 atom stereocenters. The molecule has 2 aliphatic rings. The molecule has 7 nitrogen and oxygen atoms in total. The van der Waals surface area contributed by atoms with Crippen molar-refractivity contribution < 1.29 is 32.2 Å². The van der Waals surface area contributed by atoms with Crippen molar-refractivity contribution in [2.24, 2.45) is 0 Å². The molecule has 2 fully saturated rings. The molecular formula is C23H18F3N3O4. The molecule has 3 aromatic rings. The highest BCUT2D eigenvalue weighted by Gasteiger charge is 2.65. The first kappa shape index (κ1) is 21.0. The molecule has 1 aliphatic carbocycles. The quantitative estimate of drug-likeness (QED) is 0.522. The van der Waals surface area contributed by atoms with Gasteiger partial charge in [-0.1, -0.05) is 18.2 Å². The second kappa shape index (κ2) is 7.36. The van der Waals surface area contributed by atoms with Crippen LogP contribution in [0.3, 0.4) is 0 Å². The Labute approximate surface area is 186 Å². The Morgan fingerprint density at radius 2 is 1.76 bits per heavy atom. The minimum atomic E-state index is -4.83. The molecule has 1 aromatic heterocycles. The molecular weight excluding hydrogens is 439 g/mol. The van der Waals surface area contributed by atoms with E-state index in [9.17, 15) is 22.8 Å². The van der Waals surface area contributed by atoms with Crippen LogP contribution in [0.15, 0.2) is 54.6 Å². The lowest BCUT2D eigenvalue weighted by Crippen LogP contribution is -2.36. The maximum atomic E-state index is 13.4. The first-order chi connectivity index (χ1) is 15.7. The van der Waals surface area contributed by atoms with E-state index in [4.69, 9.17) is 4.74 Å². The topological polar surface area (TPSA) is 72.0 Å². The summed E-state index contributed by atoms with van der Waals surface area (Å²) in [5.74, 6) is -0.426. The van der Waals surface area contributed by atoms with Gasteiger partial charge in [0.1, 0.15) is 11.3 Å². The van der Waals surface area contributed by atoms with Gasteiger partial charge in [-0.2, -0.15) is 0 Å². The van der Waals surface area contributed by atoms with Gasteiger partial charge in [-0.25, -0.2) is 14.7 Å². The summed E-state index contributed by atoms with van der Waals surface area (Å²) < 4.78 is 46.5. The summed E-state index contributed by atoms with van der Waals surface area (Å²) in [4.78, 5) is 33.5. The zero-order valence-electron chi connectivity index (χ0n) is 17.4. The number of fused-ring (bicyclic) bond motifs is 1. The smallest absolute Gasteiger partial charge is 0.481 e. The number of benzene rings is 2. The number of hydrogen-bond acceptors (Lipinski definition) is 5. The number of ether oxygens (including phenoxy) is 2. The molecule has 1 spiro atoms. The first-order valence-corrected chi connectivity index (χ1v) is 10.2. The number of rotatable bonds is 5. The number of pyridine rings is 1. The van der Waals surface area contributed by atoms with Crippen molar-refractivity contribution >= 4 is 28.5 Å². The molecule has 1 aliphatic heterocycles. The molecule has 2 aromatic carbocycles. The minimum Gasteiger partial charge on any atom is -0.481 e. The third kappa shape index (κ3) is 3.61. The summed E-state index contributed by atoms with van der Waals surface area (Å²) in [5.41, 5.74) is 0.716. The van der Waals surface area contributed by atoms with Gasteiger partial charge in [0.25, 0.3) is 5.91 Å². The molecule has 1 saturated heterocycles. The van der Waals surface area contributed by atoms with Gasteiger partial charge in [-0.15, -0.1) is 13.2 Å². The van der Waals surface area contributed by atoms with Crippen LogP contribution in [0.1, 0.15) is 18.4 Å². The van der Waals surface area contributed by atoms with Crippen molar-refractivity contribution in [3.05, 3.63) is 60.2 Å². The van der Waals surface area contributed by atoms with Crippen LogP contribution in [0.25, 0.3) is 10.9 Å². The lowest BCUT2D eigenvalue weighted by Gasteiger charge is -2.22. The average Bonchev–Trinajstić information content (AvgIpc) is 3.55. The fourth-order valence-corrected chi connectivity index (χ4v) is 4.19. The summed E-state index contributed by atoms with van der Waals surface area (Å²) >= 11 is 0. The van der Waals surface area contributed by atoms with Crippen molar-refractivity contribution in [3.63, 3.8) is 0 Å². The van der Waals surface area contributed by atoms with Gasteiger partial charge in [-0.05, 0) is 48.7 Å². The maximum Gasteiger partial charge on any atom is 0.573 e. The number of para-hydroxylation sites is 1. The molecule has 0 bridgehead atoms. The standard InChI is InChI=1S/C23H18F3N3O4/c1-32-19-12-14(17-4-2-3-5-18(17)27-19)13-28-21(31)29(20(30)22(28)10-11-22)15-6-8-16(9-7-15)33-23(24,25)26/h2-9,12H,10-11,13H2,1H3. The van der Waals surface area contributed by atoms with E-state index >= 15 is 0 Å². The number of amides is 3. The van der Waals surface area contributed by atoms with Gasteiger partial charge in [-0.3, -0.25) is 4.79 Å². The molecule has 170 valence electrons. The third-order valence-electron chi connectivity index (χ3n) is 5.91. The lowest BCUT2D eigenvalue weighted by molar-refractivity contribution is -0.274. The second-order valence-electron chi connectivity index (χ2n) is 7.92. The molecule has 0 radical (unpaired) electrons. The van der Waals surface area contributed by atoms with E-state index in [1.54, 1.807) is 6.07 Å². The van der Waals surface area contributed by atoms with Gasteiger partial charge in [0.15, 0.2) is 0 Å². The number of alkyl halides is 3. The number of carbonyl (C=O) groups is 2. The highest BCUT2D eigenvalue weighted by Crippen LogP contribution is 2.50. The zero-order chi connectivity index (χ0) is 23.4. The van der Waals surface area contributed by atoms with Crippen LogP contribution in [0.2, 0.25) is 0 Å². The normalized spacial score (nSPS) is 17.2. The number of nitrogens with zero attached hydrogens (tertiary/aromatic N) is 3. The largest absolute Gasteiger partial charge is 0.573 e. The van der Waals surface area contributed by atoms with Crippen molar-refractivity contribution in [2.45, 2.75) is 31.3 Å². The predicted molar refractivity (Wildman–Crippen MR) is 112 cm³/mol. The van der Waals surface area contributed by atoms with Crippen LogP contribution in [-0.2, 0) is 11.3 Å². The lowest BCUT2D eigenvalue weighted by atomic mass is 10.1. The molecule has 1 saturated carbocycles. The van der Waals surface area contributed by atoms with E-state index in [1.165, 1.54) is 24.1 Å². The highest BCUT2D eigenvalue weighted by molar-refractivity contribution is 6.24. The van der Waals surface area contributed by atoms with Gasteiger partial charge in [0.2, 0.25) is 5.88 Å². The summed E-state index contributed by atoms with van der Waals surface area (Å²) in [6.45, 7) is 0.162. The molecule has 2 heterocycles. The van der Waals surface area contributed by atoms with Crippen LogP contribution in [0, 0.1) is 0 Å². The summed E-state index contributed by atoms with van der Waals surface area (Å²) in [6, 6.07) is 13.3. The van der Waals surface area contributed by atoms with E-state index in [0.29, 0.717) is 24.2 Å². The van der Waals surface area contributed by atoms with Crippen LogP contribution in [0.4, 0.5) is 23.7 Å². The predicted octanol–water partition coefficient (Wildman–Crippen LogP) is 4.64. The Balaban J connectivity index is 1.47. The Kier molecular flexibility index (Phi) is 4.70. The highest BCUT2D eigenvalue weighted by atomic mass is 19.4. The van der Waals surface area contributed by atoms with Crippen LogP contribution in [-0.4, -0.2) is 40.8 Å². The van der Waals surface area contributed by atoms with E-state index in [2.05, 4.69) is 9.72 Å². The van der Waals surface area contributed by atoms with Gasteiger partial charge in [0.05, 0.1) is 18.3 Å².